The van der Waals surface area contributed by atoms with Gasteiger partial charge in [0.05, 0.1) is 11.6 Å². The van der Waals surface area contributed by atoms with Crippen LogP contribution in [-0.2, 0) is 7.05 Å². The molecule has 0 aromatic carbocycles. The highest BCUT2D eigenvalue weighted by atomic mass is 19.4. The van der Waals surface area contributed by atoms with Crippen LogP contribution in [0, 0.1) is 0 Å². The van der Waals surface area contributed by atoms with E-state index in [4.69, 9.17) is 5.73 Å². The number of fused-ring (bicyclic) bond motifs is 1. The standard InChI is InChI=1S/C10H13F3N6/c1-18-8-7(4-17-18)9(16-6-15-8)19(3-2-14)5-10(11,12)13/h4,6H,2-3,5,14H2,1H3. The monoisotopic (exact) mass is 274 g/mol. The molecule has 0 unspecified atom stereocenters. The van der Waals surface area contributed by atoms with Gasteiger partial charge < -0.3 is 10.6 Å². The maximum atomic E-state index is 12.6. The highest BCUT2D eigenvalue weighted by molar-refractivity contribution is 5.86. The first kappa shape index (κ1) is 13.5. The third kappa shape index (κ3) is 2.92. The third-order valence-electron chi connectivity index (χ3n) is 2.58. The molecule has 0 aliphatic heterocycles. The molecule has 2 N–H and O–H groups in total. The summed E-state index contributed by atoms with van der Waals surface area (Å²) in [6.07, 6.45) is -1.65. The molecule has 0 atom stereocenters. The summed E-state index contributed by atoms with van der Waals surface area (Å²) in [7, 11) is 1.66. The summed E-state index contributed by atoms with van der Waals surface area (Å²) < 4.78 is 39.2. The Bertz CT molecular complexity index is 564. The maximum absolute atomic E-state index is 12.6. The number of nitrogens with two attached hydrogens (primary N) is 1. The summed E-state index contributed by atoms with van der Waals surface area (Å²) in [5.41, 5.74) is 5.84. The summed E-state index contributed by atoms with van der Waals surface area (Å²) in [5.74, 6) is 0.195. The average molecular weight is 274 g/mol. The normalized spacial score (nSPS) is 12.1. The average Bonchev–Trinajstić information content (AvgIpc) is 2.69. The number of nitrogens with zero attached hydrogens (tertiary/aromatic N) is 5. The van der Waals surface area contributed by atoms with E-state index >= 15 is 0 Å². The molecule has 0 saturated carbocycles. The van der Waals surface area contributed by atoms with Crippen molar-refractivity contribution in [1.82, 2.24) is 19.7 Å². The van der Waals surface area contributed by atoms with Gasteiger partial charge in [0.1, 0.15) is 18.7 Å². The number of aromatic nitrogens is 4. The minimum Gasteiger partial charge on any atom is -0.346 e. The van der Waals surface area contributed by atoms with Crippen molar-refractivity contribution in [2.24, 2.45) is 12.8 Å². The number of anilines is 1. The van der Waals surface area contributed by atoms with Crippen LogP contribution < -0.4 is 10.6 Å². The van der Waals surface area contributed by atoms with Crippen LogP contribution >= 0.6 is 0 Å². The summed E-state index contributed by atoms with van der Waals surface area (Å²) in [6.45, 7) is -0.951. The van der Waals surface area contributed by atoms with Crippen LogP contribution in [0.15, 0.2) is 12.5 Å². The second-order valence-electron chi connectivity index (χ2n) is 4.03. The van der Waals surface area contributed by atoms with Gasteiger partial charge in [0, 0.05) is 20.1 Å². The van der Waals surface area contributed by atoms with Gasteiger partial charge in [-0.3, -0.25) is 4.68 Å². The van der Waals surface area contributed by atoms with Crippen molar-refractivity contribution in [1.29, 1.82) is 0 Å². The Labute approximate surface area is 107 Å². The Morgan fingerprint density at radius 1 is 1.37 bits per heavy atom. The Hall–Kier alpha value is -1.90. The van der Waals surface area contributed by atoms with Crippen LogP contribution in [0.25, 0.3) is 11.0 Å². The molecule has 0 spiro atoms. The van der Waals surface area contributed by atoms with Crippen LogP contribution in [-0.4, -0.2) is 45.6 Å². The lowest BCUT2D eigenvalue weighted by atomic mass is 10.3. The molecule has 0 aliphatic rings. The van der Waals surface area contributed by atoms with Crippen molar-refractivity contribution >= 4 is 16.9 Å². The second kappa shape index (κ2) is 5.00. The van der Waals surface area contributed by atoms with Gasteiger partial charge in [0.25, 0.3) is 0 Å². The van der Waals surface area contributed by atoms with Crippen LogP contribution in [0.5, 0.6) is 0 Å². The van der Waals surface area contributed by atoms with Crippen molar-refractivity contribution in [3.63, 3.8) is 0 Å². The Morgan fingerprint density at radius 3 is 2.74 bits per heavy atom. The molecule has 2 heterocycles. The molecule has 0 radical (unpaired) electrons. The molecular weight excluding hydrogens is 261 g/mol. The van der Waals surface area contributed by atoms with E-state index in [1.807, 2.05) is 0 Å². The first-order valence-electron chi connectivity index (χ1n) is 5.57. The SMILES string of the molecule is Cn1ncc2c(N(CCN)CC(F)(F)F)ncnc21. The molecule has 2 rings (SSSR count). The van der Waals surface area contributed by atoms with E-state index in [0.29, 0.717) is 11.0 Å². The Morgan fingerprint density at radius 2 is 2.11 bits per heavy atom. The van der Waals surface area contributed by atoms with Crippen molar-refractivity contribution < 1.29 is 13.2 Å². The van der Waals surface area contributed by atoms with Gasteiger partial charge in [0.2, 0.25) is 0 Å². The van der Waals surface area contributed by atoms with E-state index in [-0.39, 0.29) is 18.9 Å². The number of halogens is 3. The molecule has 9 heteroatoms. The molecule has 0 saturated heterocycles. The molecule has 104 valence electrons. The van der Waals surface area contributed by atoms with Crippen LogP contribution in [0.4, 0.5) is 19.0 Å². The summed E-state index contributed by atoms with van der Waals surface area (Å²) in [4.78, 5) is 9.01. The zero-order valence-corrected chi connectivity index (χ0v) is 10.2. The largest absolute Gasteiger partial charge is 0.405 e. The highest BCUT2D eigenvalue weighted by Crippen LogP contribution is 2.25. The molecule has 19 heavy (non-hydrogen) atoms. The molecule has 0 fully saturated rings. The molecule has 0 bridgehead atoms. The zero-order chi connectivity index (χ0) is 14.0. The van der Waals surface area contributed by atoms with Crippen LogP contribution in [0.2, 0.25) is 0 Å². The highest BCUT2D eigenvalue weighted by Gasteiger charge is 2.32. The predicted octanol–water partition coefficient (Wildman–Crippen LogP) is 0.691. The van der Waals surface area contributed by atoms with E-state index in [1.165, 1.54) is 17.2 Å². The van der Waals surface area contributed by atoms with Gasteiger partial charge in [0.15, 0.2) is 5.65 Å². The van der Waals surface area contributed by atoms with Crippen molar-refractivity contribution in [2.45, 2.75) is 6.18 Å². The Kier molecular flexibility index (Phi) is 3.56. The maximum Gasteiger partial charge on any atom is 0.405 e. The second-order valence-corrected chi connectivity index (χ2v) is 4.03. The van der Waals surface area contributed by atoms with E-state index in [2.05, 4.69) is 15.1 Å². The van der Waals surface area contributed by atoms with E-state index in [0.717, 1.165) is 4.90 Å². The minimum absolute atomic E-state index is 0.0561. The number of rotatable bonds is 4. The first-order chi connectivity index (χ1) is 8.92. The van der Waals surface area contributed by atoms with Gasteiger partial charge >= 0.3 is 6.18 Å². The number of hydrogen-bond donors (Lipinski definition) is 1. The quantitative estimate of drug-likeness (QED) is 0.888. The fourth-order valence-electron chi connectivity index (χ4n) is 1.83. The van der Waals surface area contributed by atoms with Gasteiger partial charge in [-0.15, -0.1) is 0 Å². The minimum atomic E-state index is -4.32. The lowest BCUT2D eigenvalue weighted by Crippen LogP contribution is -2.38. The lowest BCUT2D eigenvalue weighted by molar-refractivity contribution is -0.119. The van der Waals surface area contributed by atoms with Crippen LogP contribution in [0.3, 0.4) is 0 Å². The van der Waals surface area contributed by atoms with E-state index < -0.39 is 12.7 Å². The number of aryl methyl sites for hydroxylation is 1. The van der Waals surface area contributed by atoms with Crippen molar-refractivity contribution in [3.8, 4) is 0 Å². The molecule has 0 aliphatic carbocycles. The van der Waals surface area contributed by atoms with Crippen molar-refractivity contribution in [3.05, 3.63) is 12.5 Å². The van der Waals surface area contributed by atoms with E-state index in [1.54, 1.807) is 7.05 Å². The number of hydrogen-bond acceptors (Lipinski definition) is 5. The third-order valence-corrected chi connectivity index (χ3v) is 2.58. The summed E-state index contributed by atoms with van der Waals surface area (Å²) in [6, 6.07) is 0. The zero-order valence-electron chi connectivity index (χ0n) is 10.2. The number of alkyl halides is 3. The molecule has 6 nitrogen and oxygen atoms in total. The van der Waals surface area contributed by atoms with Gasteiger partial charge in [-0.25, -0.2) is 9.97 Å². The van der Waals surface area contributed by atoms with Gasteiger partial charge in [-0.2, -0.15) is 18.3 Å². The summed E-state index contributed by atoms with van der Waals surface area (Å²) >= 11 is 0. The Balaban J connectivity index is 2.44. The molecule has 0 amide bonds. The lowest BCUT2D eigenvalue weighted by Gasteiger charge is -2.24. The van der Waals surface area contributed by atoms with Crippen LogP contribution in [0.1, 0.15) is 0 Å². The first-order valence-corrected chi connectivity index (χ1v) is 5.57. The fraction of sp³-hybridized carbons (Fsp3) is 0.500. The molecule has 2 aromatic heterocycles. The topological polar surface area (TPSA) is 72.9 Å². The van der Waals surface area contributed by atoms with Gasteiger partial charge in [-0.05, 0) is 0 Å². The smallest absolute Gasteiger partial charge is 0.346 e. The van der Waals surface area contributed by atoms with Gasteiger partial charge in [-0.1, -0.05) is 0 Å². The molecule has 2 aromatic rings. The van der Waals surface area contributed by atoms with Crippen molar-refractivity contribution in [2.75, 3.05) is 24.5 Å². The summed E-state index contributed by atoms with van der Waals surface area (Å²) in [5, 5.41) is 4.45. The predicted molar refractivity (Wildman–Crippen MR) is 63.6 cm³/mol. The fourth-order valence-corrected chi connectivity index (χ4v) is 1.83. The van der Waals surface area contributed by atoms with E-state index in [9.17, 15) is 13.2 Å². The molecular formula is C10H13F3N6.